The highest BCUT2D eigenvalue weighted by Gasteiger charge is 2.66. The first-order chi connectivity index (χ1) is 7.61. The Hall–Kier alpha value is -0.790. The van der Waals surface area contributed by atoms with E-state index in [4.69, 9.17) is 0 Å². The van der Waals surface area contributed by atoms with Crippen LogP contribution in [0.4, 0.5) is 0 Å². The molecule has 0 unspecified atom stereocenters. The van der Waals surface area contributed by atoms with Crippen LogP contribution in [-0.4, -0.2) is 11.1 Å². The molecule has 1 N–H and O–H groups in total. The van der Waals surface area contributed by atoms with E-state index in [0.717, 1.165) is 18.3 Å². The average molecular weight is 218 g/mol. The predicted molar refractivity (Wildman–Crippen MR) is 59.7 cm³/mol. The first kappa shape index (κ1) is 9.26. The van der Waals surface area contributed by atoms with Crippen LogP contribution in [0.25, 0.3) is 0 Å². The van der Waals surface area contributed by atoms with Gasteiger partial charge in [0.15, 0.2) is 0 Å². The summed E-state index contributed by atoms with van der Waals surface area (Å²) in [6.07, 6.45) is 8.22. The van der Waals surface area contributed by atoms with E-state index in [-0.39, 0.29) is 0 Å². The van der Waals surface area contributed by atoms with Crippen molar-refractivity contribution in [3.63, 3.8) is 0 Å². The zero-order valence-corrected chi connectivity index (χ0v) is 9.60. The van der Waals surface area contributed by atoms with Gasteiger partial charge in [0.2, 0.25) is 0 Å². The summed E-state index contributed by atoms with van der Waals surface area (Å²) in [4.78, 5) is 11.5. The fourth-order valence-electron chi connectivity index (χ4n) is 5.62. The number of hydrogen-bond donors (Lipinski definition) is 1. The van der Waals surface area contributed by atoms with Gasteiger partial charge in [-0.1, -0.05) is 12.2 Å². The van der Waals surface area contributed by atoms with Crippen molar-refractivity contribution >= 4 is 5.97 Å². The molecule has 3 saturated carbocycles. The second kappa shape index (κ2) is 2.55. The van der Waals surface area contributed by atoms with Crippen molar-refractivity contribution in [3.8, 4) is 0 Å². The maximum Gasteiger partial charge on any atom is 0.309 e. The van der Waals surface area contributed by atoms with E-state index in [1.165, 1.54) is 12.8 Å². The molecular formula is C14H18O2. The molecule has 4 aliphatic carbocycles. The summed E-state index contributed by atoms with van der Waals surface area (Å²) < 4.78 is 0. The van der Waals surface area contributed by atoms with Gasteiger partial charge < -0.3 is 5.11 Å². The maximum absolute atomic E-state index is 11.5. The van der Waals surface area contributed by atoms with Crippen LogP contribution in [-0.2, 0) is 4.79 Å². The van der Waals surface area contributed by atoms with Crippen LogP contribution in [0, 0.1) is 40.9 Å². The number of carboxylic acids is 1. The van der Waals surface area contributed by atoms with E-state index in [1.54, 1.807) is 0 Å². The molecule has 2 heteroatoms. The molecule has 0 aromatic rings. The lowest BCUT2D eigenvalue weighted by Gasteiger charge is -2.40. The van der Waals surface area contributed by atoms with Crippen LogP contribution in [0.2, 0.25) is 0 Å². The first-order valence-corrected chi connectivity index (χ1v) is 6.53. The average Bonchev–Trinajstić information content (AvgIpc) is 2.92. The van der Waals surface area contributed by atoms with Gasteiger partial charge in [0.05, 0.1) is 5.41 Å². The molecule has 3 fully saturated rings. The van der Waals surface area contributed by atoms with Crippen molar-refractivity contribution < 1.29 is 9.90 Å². The summed E-state index contributed by atoms with van der Waals surface area (Å²) in [5.74, 6) is 3.66. The predicted octanol–water partition coefficient (Wildman–Crippen LogP) is 2.56. The van der Waals surface area contributed by atoms with Crippen molar-refractivity contribution in [1.29, 1.82) is 0 Å². The Labute approximate surface area is 95.7 Å². The normalized spacial score (nSPS) is 60.6. The number of aliphatic carboxylic acids is 1. The molecule has 4 aliphatic rings. The Morgan fingerprint density at radius 2 is 1.94 bits per heavy atom. The van der Waals surface area contributed by atoms with Gasteiger partial charge in [-0.05, 0) is 61.7 Å². The SMILES string of the molecule is C[C@@]1(C(=O)O)C[C@@H]2C[C@H]1[C@@H]1[C@H]2[C@@H]2C=C[C@H]1C2. The minimum absolute atomic E-state index is 0.413. The molecule has 7 atom stereocenters. The molecule has 0 heterocycles. The van der Waals surface area contributed by atoms with Gasteiger partial charge in [0, 0.05) is 0 Å². The van der Waals surface area contributed by atoms with Crippen molar-refractivity contribution in [3.05, 3.63) is 12.2 Å². The fraction of sp³-hybridized carbons (Fsp3) is 0.786. The van der Waals surface area contributed by atoms with Crippen molar-refractivity contribution in [2.45, 2.75) is 26.2 Å². The number of carboxylic acid groups (broad SMARTS) is 1. The quantitative estimate of drug-likeness (QED) is 0.542. The minimum atomic E-state index is -0.551. The zero-order chi connectivity index (χ0) is 11.1. The second-order valence-corrected chi connectivity index (χ2v) is 6.63. The number of rotatable bonds is 1. The Balaban J connectivity index is 1.76. The van der Waals surface area contributed by atoms with Crippen LogP contribution in [0.1, 0.15) is 26.2 Å². The van der Waals surface area contributed by atoms with Crippen molar-refractivity contribution in [2.24, 2.45) is 40.9 Å². The van der Waals surface area contributed by atoms with Gasteiger partial charge in [-0.2, -0.15) is 0 Å². The molecule has 2 nitrogen and oxygen atoms in total. The first-order valence-electron chi connectivity index (χ1n) is 6.53. The van der Waals surface area contributed by atoms with Crippen molar-refractivity contribution in [1.82, 2.24) is 0 Å². The van der Waals surface area contributed by atoms with Crippen LogP contribution in [0.15, 0.2) is 12.2 Å². The van der Waals surface area contributed by atoms with E-state index < -0.39 is 11.4 Å². The molecule has 0 spiro atoms. The highest BCUT2D eigenvalue weighted by atomic mass is 16.4. The van der Waals surface area contributed by atoms with Crippen molar-refractivity contribution in [2.75, 3.05) is 0 Å². The molecular weight excluding hydrogens is 200 g/mol. The third-order valence-corrected chi connectivity index (χ3v) is 6.14. The summed E-state index contributed by atoms with van der Waals surface area (Å²) in [7, 11) is 0. The van der Waals surface area contributed by atoms with Gasteiger partial charge in [0.25, 0.3) is 0 Å². The molecule has 16 heavy (non-hydrogen) atoms. The Bertz CT molecular complexity index is 400. The Kier molecular flexibility index (Phi) is 1.47. The summed E-state index contributed by atoms with van der Waals surface area (Å²) in [5.41, 5.74) is -0.413. The topological polar surface area (TPSA) is 37.3 Å². The third kappa shape index (κ3) is 0.813. The summed E-state index contributed by atoms with van der Waals surface area (Å²) in [6.45, 7) is 1.99. The standard InChI is InChI=1S/C14H18O2/c1-14(13(15)16)6-9-5-10(14)12-8-3-2-7(4-8)11(9)12/h2-3,7-12H,4-6H2,1H3,(H,15,16)/t7-,8+,9+,10+,11+,12-,14-/m1/s1. The van der Waals surface area contributed by atoms with E-state index in [0.29, 0.717) is 23.7 Å². The third-order valence-electron chi connectivity index (χ3n) is 6.14. The van der Waals surface area contributed by atoms with Gasteiger partial charge in [-0.15, -0.1) is 0 Å². The lowest BCUT2D eigenvalue weighted by Crippen LogP contribution is -2.42. The molecule has 4 bridgehead atoms. The smallest absolute Gasteiger partial charge is 0.309 e. The highest BCUT2D eigenvalue weighted by Crippen LogP contribution is 2.70. The molecule has 0 amide bonds. The van der Waals surface area contributed by atoms with Gasteiger partial charge in [0.1, 0.15) is 0 Å². The fourth-order valence-corrected chi connectivity index (χ4v) is 5.62. The van der Waals surface area contributed by atoms with E-state index in [9.17, 15) is 9.90 Å². The summed E-state index contributed by atoms with van der Waals surface area (Å²) in [5, 5.41) is 9.47. The zero-order valence-electron chi connectivity index (χ0n) is 9.60. The number of allylic oxidation sites excluding steroid dienone is 2. The van der Waals surface area contributed by atoms with E-state index in [2.05, 4.69) is 12.2 Å². The van der Waals surface area contributed by atoms with Gasteiger partial charge in [-0.3, -0.25) is 4.79 Å². The van der Waals surface area contributed by atoms with Gasteiger partial charge in [-0.25, -0.2) is 0 Å². The van der Waals surface area contributed by atoms with E-state index in [1.807, 2.05) is 6.92 Å². The molecule has 4 rings (SSSR count). The molecule has 86 valence electrons. The van der Waals surface area contributed by atoms with E-state index >= 15 is 0 Å². The van der Waals surface area contributed by atoms with Crippen LogP contribution in [0.5, 0.6) is 0 Å². The number of carbonyl (C=O) groups is 1. The van der Waals surface area contributed by atoms with Gasteiger partial charge >= 0.3 is 5.97 Å². The Morgan fingerprint density at radius 3 is 2.62 bits per heavy atom. The maximum atomic E-state index is 11.5. The lowest BCUT2D eigenvalue weighted by atomic mass is 9.63. The number of hydrogen-bond acceptors (Lipinski definition) is 1. The molecule has 0 aliphatic heterocycles. The monoisotopic (exact) mass is 218 g/mol. The minimum Gasteiger partial charge on any atom is -0.481 e. The Morgan fingerprint density at radius 1 is 1.25 bits per heavy atom. The summed E-state index contributed by atoms with van der Waals surface area (Å²) in [6, 6.07) is 0. The van der Waals surface area contributed by atoms with Crippen LogP contribution in [0.3, 0.4) is 0 Å². The highest BCUT2D eigenvalue weighted by molar-refractivity contribution is 5.75. The van der Waals surface area contributed by atoms with Crippen LogP contribution < -0.4 is 0 Å². The lowest BCUT2D eigenvalue weighted by molar-refractivity contribution is -0.153. The number of fused-ring (bicyclic) bond motifs is 9. The molecule has 0 aromatic carbocycles. The summed E-state index contributed by atoms with van der Waals surface area (Å²) >= 11 is 0. The molecule has 0 aromatic heterocycles. The largest absolute Gasteiger partial charge is 0.481 e. The molecule has 0 saturated heterocycles. The van der Waals surface area contributed by atoms with Crippen LogP contribution >= 0.6 is 0 Å². The second-order valence-electron chi connectivity index (χ2n) is 6.63. The molecule has 0 radical (unpaired) electrons.